The van der Waals surface area contributed by atoms with E-state index in [1.54, 1.807) is 11.5 Å². The maximum absolute atomic E-state index is 12.9. The quantitative estimate of drug-likeness (QED) is 0.607. The average Bonchev–Trinajstić information content (AvgIpc) is 3.18. The lowest BCUT2D eigenvalue weighted by molar-refractivity contribution is -0.192. The number of halogens is 3. The van der Waals surface area contributed by atoms with E-state index in [0.717, 1.165) is 38.5 Å². The minimum absolute atomic E-state index is 0.312. The van der Waals surface area contributed by atoms with Gasteiger partial charge in [0.25, 0.3) is 5.56 Å². The first-order chi connectivity index (χ1) is 15.9. The van der Waals surface area contributed by atoms with Crippen LogP contribution in [0.2, 0.25) is 0 Å². The van der Waals surface area contributed by atoms with Gasteiger partial charge in [-0.25, -0.2) is 9.59 Å². The molecule has 10 nitrogen and oxygen atoms in total. The lowest BCUT2D eigenvalue weighted by Gasteiger charge is -2.28. The van der Waals surface area contributed by atoms with Crippen molar-refractivity contribution in [1.29, 1.82) is 0 Å². The second-order valence-corrected chi connectivity index (χ2v) is 7.91. The summed E-state index contributed by atoms with van der Waals surface area (Å²) >= 11 is 0. The van der Waals surface area contributed by atoms with Crippen LogP contribution in [0, 0.1) is 17.8 Å². The van der Waals surface area contributed by atoms with Crippen LogP contribution in [0.25, 0.3) is 11.2 Å². The van der Waals surface area contributed by atoms with Gasteiger partial charge in [0.2, 0.25) is 5.95 Å². The Balaban J connectivity index is 0.000000509. The molecule has 0 aromatic carbocycles. The Hall–Kier alpha value is -3.27. The van der Waals surface area contributed by atoms with Crippen LogP contribution in [0.3, 0.4) is 0 Å². The summed E-state index contributed by atoms with van der Waals surface area (Å²) in [6.07, 6.45) is -4.14. The van der Waals surface area contributed by atoms with Gasteiger partial charge < -0.3 is 15.3 Å². The number of nitrogens with zero attached hydrogens (tertiary/aromatic N) is 5. The SMILES string of the molecule is CC#CCn1c(N2CCNCC2)nc2c1c(=O)n(C)c(=O)n2CC(C)CC.O=C(O)C(F)(F)F. The van der Waals surface area contributed by atoms with E-state index in [1.807, 2.05) is 4.57 Å². The number of rotatable bonds is 5. The maximum Gasteiger partial charge on any atom is 0.490 e. The summed E-state index contributed by atoms with van der Waals surface area (Å²) in [5.41, 5.74) is 0.291. The van der Waals surface area contributed by atoms with Crippen molar-refractivity contribution in [2.45, 2.75) is 46.5 Å². The number of carboxylic acid groups (broad SMARTS) is 1. The van der Waals surface area contributed by atoms with Crippen molar-refractivity contribution >= 4 is 23.1 Å². The van der Waals surface area contributed by atoms with Crippen LogP contribution < -0.4 is 21.5 Å². The zero-order valence-corrected chi connectivity index (χ0v) is 19.6. The van der Waals surface area contributed by atoms with E-state index < -0.39 is 12.1 Å². The molecule has 0 spiro atoms. The highest BCUT2D eigenvalue weighted by atomic mass is 19.4. The second kappa shape index (κ2) is 11.2. The van der Waals surface area contributed by atoms with Crippen molar-refractivity contribution in [2.75, 3.05) is 31.1 Å². The van der Waals surface area contributed by atoms with Crippen LogP contribution in [-0.2, 0) is 24.9 Å². The Kier molecular flexibility index (Phi) is 8.92. The number of carbonyl (C=O) groups is 1. The number of hydrogen-bond acceptors (Lipinski definition) is 6. The topological polar surface area (TPSA) is 114 Å². The Morgan fingerprint density at radius 2 is 1.82 bits per heavy atom. The number of hydrogen-bond donors (Lipinski definition) is 2. The largest absolute Gasteiger partial charge is 0.490 e. The van der Waals surface area contributed by atoms with Gasteiger partial charge in [0.1, 0.15) is 0 Å². The molecule has 1 atom stereocenters. The van der Waals surface area contributed by atoms with Gasteiger partial charge in [-0.1, -0.05) is 26.2 Å². The Bertz CT molecular complexity index is 1200. The molecule has 1 unspecified atom stereocenters. The summed E-state index contributed by atoms with van der Waals surface area (Å²) in [7, 11) is 1.53. The van der Waals surface area contributed by atoms with E-state index in [4.69, 9.17) is 14.9 Å². The van der Waals surface area contributed by atoms with Crippen LogP contribution in [0.15, 0.2) is 9.59 Å². The molecule has 0 aliphatic carbocycles. The number of imidazole rings is 1. The van der Waals surface area contributed by atoms with Gasteiger partial charge >= 0.3 is 17.8 Å². The highest BCUT2D eigenvalue weighted by molar-refractivity contribution is 5.75. The molecular weight excluding hydrogens is 457 g/mol. The van der Waals surface area contributed by atoms with Crippen molar-refractivity contribution in [3.63, 3.8) is 0 Å². The van der Waals surface area contributed by atoms with E-state index in [0.29, 0.717) is 30.2 Å². The second-order valence-electron chi connectivity index (χ2n) is 7.91. The van der Waals surface area contributed by atoms with E-state index >= 15 is 0 Å². The Morgan fingerprint density at radius 3 is 2.32 bits per heavy atom. The molecule has 1 saturated heterocycles. The first kappa shape index (κ1) is 27.0. The predicted molar refractivity (Wildman–Crippen MR) is 121 cm³/mol. The molecule has 188 valence electrons. The van der Waals surface area contributed by atoms with Gasteiger partial charge in [0.05, 0.1) is 6.54 Å². The van der Waals surface area contributed by atoms with E-state index in [1.165, 1.54) is 11.6 Å². The number of nitrogens with one attached hydrogen (secondary N) is 1. The standard InChI is InChI=1S/C19H28N6O2.C2HF3O2/c1-5-7-10-24-15-16(21-18(24)23-11-8-20-9-12-23)25(13-14(3)6-2)19(27)22(4)17(15)26;3-2(4,5)1(6)7/h14,20H,6,8-13H2,1-4H3;(H,6,7). The third-order valence-electron chi connectivity index (χ3n) is 5.46. The third-order valence-corrected chi connectivity index (χ3v) is 5.46. The normalized spacial score (nSPS) is 14.7. The molecule has 1 aliphatic heterocycles. The number of fused-ring (bicyclic) bond motifs is 1. The molecule has 3 heterocycles. The molecule has 1 aliphatic rings. The molecule has 2 N–H and O–H groups in total. The maximum atomic E-state index is 12.9. The number of carboxylic acids is 1. The van der Waals surface area contributed by atoms with Crippen LogP contribution in [0.1, 0.15) is 27.2 Å². The summed E-state index contributed by atoms with van der Waals surface area (Å²) in [5.74, 6) is 4.22. The monoisotopic (exact) mass is 486 g/mol. The molecular formula is C21H29F3N6O4. The predicted octanol–water partition coefficient (Wildman–Crippen LogP) is 1.01. The summed E-state index contributed by atoms with van der Waals surface area (Å²) < 4.78 is 36.4. The number of anilines is 1. The van der Waals surface area contributed by atoms with E-state index in [2.05, 4.69) is 35.9 Å². The van der Waals surface area contributed by atoms with Crippen molar-refractivity contribution < 1.29 is 23.1 Å². The van der Waals surface area contributed by atoms with Crippen molar-refractivity contribution in [1.82, 2.24) is 24.0 Å². The molecule has 0 amide bonds. The Labute approximate surface area is 194 Å². The van der Waals surface area contributed by atoms with Gasteiger partial charge in [0, 0.05) is 39.8 Å². The fourth-order valence-electron chi connectivity index (χ4n) is 3.36. The van der Waals surface area contributed by atoms with E-state index in [9.17, 15) is 22.8 Å². The molecule has 13 heteroatoms. The zero-order valence-electron chi connectivity index (χ0n) is 19.6. The lowest BCUT2D eigenvalue weighted by Crippen LogP contribution is -2.44. The number of aliphatic carboxylic acids is 1. The minimum atomic E-state index is -5.08. The lowest BCUT2D eigenvalue weighted by atomic mass is 10.1. The first-order valence-corrected chi connectivity index (χ1v) is 10.8. The summed E-state index contributed by atoms with van der Waals surface area (Å²) in [6.45, 7) is 10.2. The van der Waals surface area contributed by atoms with Gasteiger partial charge in [-0.2, -0.15) is 18.2 Å². The molecule has 3 rings (SSSR count). The van der Waals surface area contributed by atoms with E-state index in [-0.39, 0.29) is 11.2 Å². The summed E-state index contributed by atoms with van der Waals surface area (Å²) in [6, 6.07) is 0. The molecule has 2 aromatic rings. The summed E-state index contributed by atoms with van der Waals surface area (Å²) in [5, 5.41) is 10.5. The van der Waals surface area contributed by atoms with Crippen LogP contribution >= 0.6 is 0 Å². The van der Waals surface area contributed by atoms with Crippen molar-refractivity contribution in [3.05, 3.63) is 20.8 Å². The average molecular weight is 486 g/mol. The smallest absolute Gasteiger partial charge is 0.475 e. The van der Waals surface area contributed by atoms with Crippen molar-refractivity contribution in [3.8, 4) is 11.8 Å². The molecule has 2 aromatic heterocycles. The van der Waals surface area contributed by atoms with Crippen LogP contribution in [-0.4, -0.2) is 62.1 Å². The van der Waals surface area contributed by atoms with Crippen molar-refractivity contribution in [2.24, 2.45) is 13.0 Å². The number of piperazine rings is 1. The highest BCUT2D eigenvalue weighted by Crippen LogP contribution is 2.21. The molecule has 0 radical (unpaired) electrons. The molecule has 0 saturated carbocycles. The van der Waals surface area contributed by atoms with Gasteiger partial charge in [-0.15, -0.1) is 5.92 Å². The Morgan fingerprint density at radius 1 is 1.24 bits per heavy atom. The van der Waals surface area contributed by atoms with Crippen LogP contribution in [0.4, 0.5) is 19.1 Å². The highest BCUT2D eigenvalue weighted by Gasteiger charge is 2.38. The van der Waals surface area contributed by atoms with Gasteiger partial charge in [-0.05, 0) is 12.8 Å². The fourth-order valence-corrected chi connectivity index (χ4v) is 3.36. The van der Waals surface area contributed by atoms with Crippen LogP contribution in [0.5, 0.6) is 0 Å². The zero-order chi connectivity index (χ0) is 25.6. The molecule has 1 fully saturated rings. The van der Waals surface area contributed by atoms with Gasteiger partial charge in [-0.3, -0.25) is 18.5 Å². The third kappa shape index (κ3) is 5.99. The molecule has 0 bridgehead atoms. The van der Waals surface area contributed by atoms with Gasteiger partial charge in [0.15, 0.2) is 11.2 Å². The minimum Gasteiger partial charge on any atom is -0.475 e. The summed E-state index contributed by atoms with van der Waals surface area (Å²) in [4.78, 5) is 41.6. The number of aromatic nitrogens is 4. The fraction of sp³-hybridized carbons (Fsp3) is 0.619. The first-order valence-electron chi connectivity index (χ1n) is 10.8. The molecule has 34 heavy (non-hydrogen) atoms. The number of alkyl halides is 3.